The summed E-state index contributed by atoms with van der Waals surface area (Å²) in [5.41, 5.74) is 2.99. The third-order valence-electron chi connectivity index (χ3n) is 6.93. The third-order valence-corrected chi connectivity index (χ3v) is 6.93. The number of nitrogens with zero attached hydrogens (tertiary/aromatic N) is 3. The minimum atomic E-state index is -0.399. The highest BCUT2D eigenvalue weighted by Crippen LogP contribution is 2.33. The number of pyridine rings is 1. The standard InChI is InChI=1S/C27H29N5O5/c33-26(30-22-15-29-8-7-23(22)31-11-9-28-10-12-31)24-5-6-25(37-24)32-16-18-3-4-19(14-21(18)27(32)34)36-17-20-2-1-13-35-20/h3-8,14-15,20,28H,1-2,9-13,16-17H2,(H,30,33). The zero-order valence-corrected chi connectivity index (χ0v) is 20.4. The lowest BCUT2D eigenvalue weighted by Gasteiger charge is -2.30. The van der Waals surface area contributed by atoms with Crippen molar-refractivity contribution in [3.63, 3.8) is 0 Å². The van der Waals surface area contributed by atoms with Gasteiger partial charge in [-0.3, -0.25) is 19.5 Å². The Kier molecular flexibility index (Phi) is 6.50. The summed E-state index contributed by atoms with van der Waals surface area (Å²) in [7, 11) is 0. The van der Waals surface area contributed by atoms with Crippen molar-refractivity contribution in [3.05, 3.63) is 65.7 Å². The maximum atomic E-state index is 13.2. The molecule has 10 nitrogen and oxygen atoms in total. The van der Waals surface area contributed by atoms with Gasteiger partial charge in [0.1, 0.15) is 12.4 Å². The van der Waals surface area contributed by atoms with Gasteiger partial charge in [0.2, 0.25) is 5.88 Å². The van der Waals surface area contributed by atoms with Crippen LogP contribution in [0.15, 0.2) is 53.2 Å². The second kappa shape index (κ2) is 10.2. The van der Waals surface area contributed by atoms with Crippen LogP contribution in [0, 0.1) is 0 Å². The van der Waals surface area contributed by atoms with Crippen LogP contribution in [0.1, 0.15) is 39.3 Å². The van der Waals surface area contributed by atoms with Gasteiger partial charge in [-0.15, -0.1) is 0 Å². The van der Waals surface area contributed by atoms with E-state index in [4.69, 9.17) is 13.9 Å². The van der Waals surface area contributed by atoms with E-state index >= 15 is 0 Å². The number of amides is 2. The first kappa shape index (κ1) is 23.5. The van der Waals surface area contributed by atoms with Crippen molar-refractivity contribution in [2.45, 2.75) is 25.5 Å². The quantitative estimate of drug-likeness (QED) is 0.507. The van der Waals surface area contributed by atoms with Gasteiger partial charge < -0.3 is 29.4 Å². The number of fused-ring (bicyclic) bond motifs is 1. The van der Waals surface area contributed by atoms with E-state index in [0.29, 0.717) is 36.0 Å². The SMILES string of the molecule is O=C(Nc1cnccc1N1CCNCC1)c1ccc(N2Cc3ccc(OCC4CCCO4)cc3C2=O)o1. The molecule has 1 unspecified atom stereocenters. The van der Waals surface area contributed by atoms with Crippen LogP contribution < -0.4 is 25.2 Å². The van der Waals surface area contributed by atoms with E-state index in [-0.39, 0.29) is 17.8 Å². The molecule has 0 radical (unpaired) electrons. The van der Waals surface area contributed by atoms with Gasteiger partial charge in [-0.2, -0.15) is 0 Å². The average molecular weight is 504 g/mol. The Bertz CT molecular complexity index is 1300. The topological polar surface area (TPSA) is 109 Å². The summed E-state index contributed by atoms with van der Waals surface area (Å²) in [4.78, 5) is 34.1. The largest absolute Gasteiger partial charge is 0.491 e. The van der Waals surface area contributed by atoms with Crippen molar-refractivity contribution in [1.29, 1.82) is 0 Å². The summed E-state index contributed by atoms with van der Waals surface area (Å²) in [5.74, 6) is 0.494. The molecule has 2 saturated heterocycles. The summed E-state index contributed by atoms with van der Waals surface area (Å²) < 4.78 is 17.3. The predicted molar refractivity (Wildman–Crippen MR) is 137 cm³/mol. The van der Waals surface area contributed by atoms with Gasteiger partial charge >= 0.3 is 0 Å². The van der Waals surface area contributed by atoms with Crippen molar-refractivity contribution in [1.82, 2.24) is 10.3 Å². The Labute approximate surface area is 214 Å². The number of carbonyl (C=O) groups excluding carboxylic acids is 2. The van der Waals surface area contributed by atoms with Crippen LogP contribution >= 0.6 is 0 Å². The Morgan fingerprint density at radius 2 is 2.08 bits per heavy atom. The molecule has 0 spiro atoms. The molecule has 3 aliphatic heterocycles. The van der Waals surface area contributed by atoms with E-state index in [1.165, 1.54) is 4.90 Å². The van der Waals surface area contributed by atoms with Gasteiger partial charge in [-0.1, -0.05) is 6.07 Å². The van der Waals surface area contributed by atoms with Crippen molar-refractivity contribution >= 4 is 29.1 Å². The van der Waals surface area contributed by atoms with Gasteiger partial charge in [0.15, 0.2) is 5.76 Å². The lowest BCUT2D eigenvalue weighted by Crippen LogP contribution is -2.43. The zero-order chi connectivity index (χ0) is 25.2. The molecule has 0 bridgehead atoms. The molecule has 10 heteroatoms. The second-order valence-corrected chi connectivity index (χ2v) is 9.38. The van der Waals surface area contributed by atoms with E-state index in [1.807, 2.05) is 18.2 Å². The highest BCUT2D eigenvalue weighted by atomic mass is 16.5. The van der Waals surface area contributed by atoms with Crippen LogP contribution in [0.25, 0.3) is 0 Å². The molecule has 0 aliphatic carbocycles. The van der Waals surface area contributed by atoms with Crippen molar-refractivity contribution in [2.24, 2.45) is 0 Å². The molecule has 3 aromatic rings. The molecule has 0 saturated carbocycles. The van der Waals surface area contributed by atoms with Gasteiger partial charge in [-0.25, -0.2) is 0 Å². The van der Waals surface area contributed by atoms with E-state index < -0.39 is 5.91 Å². The Morgan fingerprint density at radius 1 is 1.19 bits per heavy atom. The number of piperazine rings is 1. The van der Waals surface area contributed by atoms with Crippen LogP contribution in [0.4, 0.5) is 17.3 Å². The highest BCUT2D eigenvalue weighted by molar-refractivity contribution is 6.10. The number of rotatable bonds is 7. The highest BCUT2D eigenvalue weighted by Gasteiger charge is 2.31. The number of benzene rings is 1. The van der Waals surface area contributed by atoms with Crippen LogP contribution in [0.3, 0.4) is 0 Å². The molecule has 2 N–H and O–H groups in total. The molecule has 2 amide bonds. The molecule has 3 aliphatic rings. The Hall–Kier alpha value is -3.89. The predicted octanol–water partition coefficient (Wildman–Crippen LogP) is 3.05. The van der Waals surface area contributed by atoms with Gasteiger partial charge in [-0.05, 0) is 42.7 Å². The van der Waals surface area contributed by atoms with Gasteiger partial charge in [0.05, 0.1) is 30.2 Å². The summed E-state index contributed by atoms with van der Waals surface area (Å²) >= 11 is 0. The smallest absolute Gasteiger partial charge is 0.291 e. The maximum Gasteiger partial charge on any atom is 0.291 e. The van der Waals surface area contributed by atoms with Crippen LogP contribution in [0.5, 0.6) is 5.75 Å². The monoisotopic (exact) mass is 503 g/mol. The number of carbonyl (C=O) groups is 2. The zero-order valence-electron chi connectivity index (χ0n) is 20.4. The number of aromatic nitrogens is 1. The number of ether oxygens (including phenoxy) is 2. The fourth-order valence-corrected chi connectivity index (χ4v) is 4.96. The van der Waals surface area contributed by atoms with Gasteiger partial charge in [0, 0.05) is 50.6 Å². The van der Waals surface area contributed by atoms with Gasteiger partial charge in [0.25, 0.3) is 11.8 Å². The number of hydrogen-bond acceptors (Lipinski definition) is 8. The fourth-order valence-electron chi connectivity index (χ4n) is 4.96. The number of furan rings is 1. The minimum Gasteiger partial charge on any atom is -0.491 e. The molecule has 2 aromatic heterocycles. The molecule has 1 aromatic carbocycles. The van der Waals surface area contributed by atoms with Crippen molar-refractivity contribution in [3.8, 4) is 5.75 Å². The fraction of sp³-hybridized carbons (Fsp3) is 0.370. The number of anilines is 3. The summed E-state index contributed by atoms with van der Waals surface area (Å²) in [5, 5.41) is 6.24. The molecular weight excluding hydrogens is 474 g/mol. The van der Waals surface area contributed by atoms with E-state index in [9.17, 15) is 9.59 Å². The van der Waals surface area contributed by atoms with E-state index in [0.717, 1.165) is 56.9 Å². The first-order valence-corrected chi connectivity index (χ1v) is 12.7. The Balaban J connectivity index is 1.13. The molecule has 1 atom stereocenters. The van der Waals surface area contributed by atoms with Crippen LogP contribution in [0.2, 0.25) is 0 Å². The van der Waals surface area contributed by atoms with E-state index in [2.05, 4.69) is 20.5 Å². The number of hydrogen-bond donors (Lipinski definition) is 2. The summed E-state index contributed by atoms with van der Waals surface area (Å²) in [6.07, 6.45) is 5.50. The molecule has 6 rings (SSSR count). The third kappa shape index (κ3) is 4.90. The molecular formula is C27H29N5O5. The maximum absolute atomic E-state index is 13.2. The normalized spacial score (nSPS) is 19.2. The summed E-state index contributed by atoms with van der Waals surface area (Å²) in [6, 6.07) is 10.7. The molecule has 37 heavy (non-hydrogen) atoms. The minimum absolute atomic E-state index is 0.104. The summed E-state index contributed by atoms with van der Waals surface area (Å²) in [6.45, 7) is 5.06. The number of nitrogens with one attached hydrogen (secondary N) is 2. The lowest BCUT2D eigenvalue weighted by molar-refractivity contribution is 0.0679. The second-order valence-electron chi connectivity index (χ2n) is 9.38. The van der Waals surface area contributed by atoms with E-state index in [1.54, 1.807) is 30.6 Å². The lowest BCUT2D eigenvalue weighted by atomic mass is 10.1. The first-order valence-electron chi connectivity index (χ1n) is 12.7. The van der Waals surface area contributed by atoms with Crippen LogP contribution in [-0.4, -0.2) is 62.3 Å². The molecule has 192 valence electrons. The Morgan fingerprint density at radius 3 is 2.92 bits per heavy atom. The van der Waals surface area contributed by atoms with Crippen LogP contribution in [-0.2, 0) is 11.3 Å². The first-order chi connectivity index (χ1) is 18.2. The van der Waals surface area contributed by atoms with Crippen molar-refractivity contribution in [2.75, 3.05) is 54.5 Å². The molecule has 5 heterocycles. The van der Waals surface area contributed by atoms with Crippen molar-refractivity contribution < 1.29 is 23.5 Å². The molecule has 2 fully saturated rings. The average Bonchev–Trinajstić information content (AvgIpc) is 3.69.